The zero-order valence-corrected chi connectivity index (χ0v) is 10.6. The molecule has 0 saturated carbocycles. The molecule has 1 atom stereocenters. The van der Waals surface area contributed by atoms with Crippen molar-refractivity contribution in [3.63, 3.8) is 0 Å². The third kappa shape index (κ3) is 3.75. The number of nitrogens with one attached hydrogen (secondary N) is 1. The lowest BCUT2D eigenvalue weighted by Gasteiger charge is -2.16. The van der Waals surface area contributed by atoms with Crippen molar-refractivity contribution in [2.45, 2.75) is 26.9 Å². The van der Waals surface area contributed by atoms with Gasteiger partial charge in [0, 0.05) is 13.1 Å². The van der Waals surface area contributed by atoms with E-state index in [-0.39, 0.29) is 5.91 Å². The van der Waals surface area contributed by atoms with Gasteiger partial charge in [-0.05, 0) is 38.0 Å². The van der Waals surface area contributed by atoms with Gasteiger partial charge in [0.15, 0.2) is 6.10 Å². The Labute approximate surface area is 102 Å². The molecule has 1 aromatic carbocycles. The van der Waals surface area contributed by atoms with E-state index in [4.69, 9.17) is 10.5 Å². The molecule has 94 valence electrons. The van der Waals surface area contributed by atoms with Crippen LogP contribution in [0, 0.1) is 13.8 Å². The first kappa shape index (κ1) is 13.5. The van der Waals surface area contributed by atoms with E-state index in [0.29, 0.717) is 13.1 Å². The molecule has 4 nitrogen and oxygen atoms in total. The number of aryl methyl sites for hydroxylation is 1. The summed E-state index contributed by atoms with van der Waals surface area (Å²) in [5, 5.41) is 2.70. The molecule has 17 heavy (non-hydrogen) atoms. The van der Waals surface area contributed by atoms with Crippen molar-refractivity contribution in [2.24, 2.45) is 5.73 Å². The first-order valence-corrected chi connectivity index (χ1v) is 5.77. The van der Waals surface area contributed by atoms with Crippen LogP contribution in [0.25, 0.3) is 0 Å². The predicted molar refractivity (Wildman–Crippen MR) is 68.1 cm³/mol. The predicted octanol–water partition coefficient (Wildman–Crippen LogP) is 1.15. The molecule has 0 fully saturated rings. The van der Waals surface area contributed by atoms with Gasteiger partial charge in [0.05, 0.1) is 0 Å². The van der Waals surface area contributed by atoms with Crippen molar-refractivity contribution >= 4 is 5.91 Å². The van der Waals surface area contributed by atoms with Crippen LogP contribution in [0.1, 0.15) is 18.1 Å². The van der Waals surface area contributed by atoms with Crippen molar-refractivity contribution in [1.29, 1.82) is 0 Å². The van der Waals surface area contributed by atoms with Crippen LogP contribution in [-0.4, -0.2) is 25.1 Å². The number of benzene rings is 1. The van der Waals surface area contributed by atoms with Gasteiger partial charge in [-0.25, -0.2) is 0 Å². The molecule has 0 bridgehead atoms. The van der Waals surface area contributed by atoms with E-state index in [1.165, 1.54) is 0 Å². The quantitative estimate of drug-likeness (QED) is 0.806. The molecule has 1 amide bonds. The average Bonchev–Trinajstić information content (AvgIpc) is 2.31. The second-order valence-electron chi connectivity index (χ2n) is 4.04. The summed E-state index contributed by atoms with van der Waals surface area (Å²) in [6.07, 6.45) is -0.512. The minimum atomic E-state index is -0.512. The van der Waals surface area contributed by atoms with Gasteiger partial charge in [0.2, 0.25) is 0 Å². The maximum absolute atomic E-state index is 11.6. The summed E-state index contributed by atoms with van der Waals surface area (Å²) >= 11 is 0. The lowest BCUT2D eigenvalue weighted by atomic mass is 10.1. The van der Waals surface area contributed by atoms with Crippen molar-refractivity contribution in [2.75, 3.05) is 13.1 Å². The van der Waals surface area contributed by atoms with Crippen LogP contribution in [0.3, 0.4) is 0 Å². The third-order valence-electron chi connectivity index (χ3n) is 2.67. The number of hydrogen-bond acceptors (Lipinski definition) is 3. The van der Waals surface area contributed by atoms with Crippen LogP contribution in [0.5, 0.6) is 5.75 Å². The Kier molecular flexibility index (Phi) is 4.97. The molecule has 0 heterocycles. The molecule has 0 aliphatic rings. The molecule has 0 saturated heterocycles. The molecule has 0 aliphatic carbocycles. The first-order chi connectivity index (χ1) is 8.06. The van der Waals surface area contributed by atoms with E-state index in [0.717, 1.165) is 16.9 Å². The number of carbonyl (C=O) groups is 1. The molecule has 1 aromatic rings. The van der Waals surface area contributed by atoms with E-state index >= 15 is 0 Å². The highest BCUT2D eigenvalue weighted by Crippen LogP contribution is 2.21. The molecule has 3 N–H and O–H groups in total. The standard InChI is InChI=1S/C13H20N2O2/c1-9-5-4-6-12(10(9)2)17-11(3)13(16)15-8-7-14/h4-6,11H,7-8,14H2,1-3H3,(H,15,16). The number of amides is 1. The normalized spacial score (nSPS) is 12.0. The van der Waals surface area contributed by atoms with Crippen LogP contribution in [0.4, 0.5) is 0 Å². The highest BCUT2D eigenvalue weighted by molar-refractivity contribution is 5.80. The number of nitrogens with two attached hydrogens (primary N) is 1. The Morgan fingerprint density at radius 2 is 2.18 bits per heavy atom. The van der Waals surface area contributed by atoms with E-state index < -0.39 is 6.10 Å². The Hall–Kier alpha value is -1.55. The van der Waals surface area contributed by atoms with E-state index in [2.05, 4.69) is 5.32 Å². The lowest BCUT2D eigenvalue weighted by molar-refractivity contribution is -0.127. The van der Waals surface area contributed by atoms with Crippen molar-refractivity contribution in [1.82, 2.24) is 5.32 Å². The fraction of sp³-hybridized carbons (Fsp3) is 0.462. The molecular formula is C13H20N2O2. The summed E-state index contributed by atoms with van der Waals surface area (Å²) < 4.78 is 5.63. The second kappa shape index (κ2) is 6.25. The summed E-state index contributed by atoms with van der Waals surface area (Å²) in [7, 11) is 0. The van der Waals surface area contributed by atoms with E-state index in [9.17, 15) is 4.79 Å². The molecule has 0 aromatic heterocycles. The molecular weight excluding hydrogens is 216 g/mol. The van der Waals surface area contributed by atoms with Gasteiger partial charge in [-0.3, -0.25) is 4.79 Å². The van der Waals surface area contributed by atoms with Crippen LogP contribution >= 0.6 is 0 Å². The number of ether oxygens (including phenoxy) is 1. The summed E-state index contributed by atoms with van der Waals surface area (Å²) in [6.45, 7) is 6.63. The number of hydrogen-bond donors (Lipinski definition) is 2. The van der Waals surface area contributed by atoms with Gasteiger partial charge in [0.1, 0.15) is 5.75 Å². The van der Waals surface area contributed by atoms with Crippen LogP contribution in [-0.2, 0) is 4.79 Å². The van der Waals surface area contributed by atoms with Crippen molar-refractivity contribution in [3.05, 3.63) is 29.3 Å². The monoisotopic (exact) mass is 236 g/mol. The third-order valence-corrected chi connectivity index (χ3v) is 2.67. The molecule has 0 spiro atoms. The fourth-order valence-electron chi connectivity index (χ4n) is 1.43. The van der Waals surface area contributed by atoms with E-state index in [1.807, 2.05) is 32.0 Å². The summed E-state index contributed by atoms with van der Waals surface area (Å²) in [5.74, 6) is 0.608. The smallest absolute Gasteiger partial charge is 0.260 e. The topological polar surface area (TPSA) is 64.3 Å². The van der Waals surface area contributed by atoms with Crippen molar-refractivity contribution < 1.29 is 9.53 Å². The lowest BCUT2D eigenvalue weighted by Crippen LogP contribution is -2.38. The van der Waals surface area contributed by atoms with Crippen molar-refractivity contribution in [3.8, 4) is 5.75 Å². The highest BCUT2D eigenvalue weighted by atomic mass is 16.5. The maximum Gasteiger partial charge on any atom is 0.260 e. The van der Waals surface area contributed by atoms with Crippen LogP contribution < -0.4 is 15.8 Å². The maximum atomic E-state index is 11.6. The minimum Gasteiger partial charge on any atom is -0.481 e. The minimum absolute atomic E-state index is 0.142. The highest BCUT2D eigenvalue weighted by Gasteiger charge is 2.14. The molecule has 1 unspecified atom stereocenters. The van der Waals surface area contributed by atoms with Gasteiger partial charge in [-0.2, -0.15) is 0 Å². The van der Waals surface area contributed by atoms with E-state index in [1.54, 1.807) is 6.92 Å². The summed E-state index contributed by atoms with van der Waals surface area (Å²) in [5.41, 5.74) is 7.53. The number of carbonyl (C=O) groups excluding carboxylic acids is 1. The average molecular weight is 236 g/mol. The number of rotatable bonds is 5. The second-order valence-corrected chi connectivity index (χ2v) is 4.04. The Balaban J connectivity index is 2.64. The van der Waals surface area contributed by atoms with Gasteiger partial charge >= 0.3 is 0 Å². The fourth-order valence-corrected chi connectivity index (χ4v) is 1.43. The molecule has 0 aliphatic heterocycles. The Bertz CT molecular complexity index is 391. The van der Waals surface area contributed by atoms with Gasteiger partial charge < -0.3 is 15.8 Å². The summed E-state index contributed by atoms with van der Waals surface area (Å²) in [4.78, 5) is 11.6. The van der Waals surface area contributed by atoms with Crippen LogP contribution in [0.2, 0.25) is 0 Å². The first-order valence-electron chi connectivity index (χ1n) is 5.77. The molecule has 4 heteroatoms. The Morgan fingerprint density at radius 3 is 2.82 bits per heavy atom. The SMILES string of the molecule is Cc1cccc(OC(C)C(=O)NCCN)c1C. The molecule has 1 rings (SSSR count). The largest absolute Gasteiger partial charge is 0.481 e. The Morgan fingerprint density at radius 1 is 1.47 bits per heavy atom. The zero-order valence-electron chi connectivity index (χ0n) is 10.6. The molecule has 0 radical (unpaired) electrons. The van der Waals surface area contributed by atoms with Gasteiger partial charge in [0.25, 0.3) is 5.91 Å². The van der Waals surface area contributed by atoms with Gasteiger partial charge in [-0.1, -0.05) is 12.1 Å². The summed E-state index contributed by atoms with van der Waals surface area (Å²) in [6, 6.07) is 5.80. The van der Waals surface area contributed by atoms with Gasteiger partial charge in [-0.15, -0.1) is 0 Å². The zero-order chi connectivity index (χ0) is 12.8. The van der Waals surface area contributed by atoms with Crippen LogP contribution in [0.15, 0.2) is 18.2 Å².